The van der Waals surface area contributed by atoms with E-state index in [0.717, 1.165) is 15.6 Å². The lowest BCUT2D eigenvalue weighted by Gasteiger charge is -2.13. The highest BCUT2D eigenvalue weighted by molar-refractivity contribution is 7.80. The van der Waals surface area contributed by atoms with Crippen molar-refractivity contribution in [3.8, 4) is 0 Å². The standard InChI is InChI=1S/C9H10ClNS/c1-11(2)9(12)7-4-3-5-8(10)6-7/h3-6H,1-2H3. The van der Waals surface area contributed by atoms with E-state index in [2.05, 4.69) is 0 Å². The monoisotopic (exact) mass is 199 g/mol. The zero-order chi connectivity index (χ0) is 9.14. The fourth-order valence-corrected chi connectivity index (χ4v) is 1.20. The molecule has 0 spiro atoms. The number of rotatable bonds is 1. The smallest absolute Gasteiger partial charge is 0.108 e. The molecular formula is C9H10ClNS. The van der Waals surface area contributed by atoms with Gasteiger partial charge < -0.3 is 4.90 Å². The Hall–Kier alpha value is -0.600. The van der Waals surface area contributed by atoms with Crippen LogP contribution < -0.4 is 0 Å². The second-order valence-electron chi connectivity index (χ2n) is 2.71. The molecule has 1 nitrogen and oxygen atoms in total. The second kappa shape index (κ2) is 3.87. The van der Waals surface area contributed by atoms with Crippen molar-refractivity contribution in [2.24, 2.45) is 0 Å². The number of thiocarbonyl (C=S) groups is 1. The van der Waals surface area contributed by atoms with Crippen LogP contribution in [-0.4, -0.2) is 24.0 Å². The molecule has 0 saturated heterocycles. The minimum atomic E-state index is 0.719. The van der Waals surface area contributed by atoms with Gasteiger partial charge in [-0.1, -0.05) is 36.0 Å². The maximum Gasteiger partial charge on any atom is 0.108 e. The van der Waals surface area contributed by atoms with Crippen LogP contribution in [0.25, 0.3) is 0 Å². The zero-order valence-corrected chi connectivity index (χ0v) is 8.62. The predicted octanol–water partition coefficient (Wildman–Crippen LogP) is 2.58. The first-order chi connectivity index (χ1) is 5.61. The highest BCUT2D eigenvalue weighted by Gasteiger charge is 2.02. The van der Waals surface area contributed by atoms with E-state index in [4.69, 9.17) is 23.8 Å². The molecule has 0 aliphatic rings. The molecule has 0 aliphatic heterocycles. The van der Waals surface area contributed by atoms with Gasteiger partial charge in [-0.2, -0.15) is 0 Å². The first-order valence-corrected chi connectivity index (χ1v) is 4.37. The molecule has 1 rings (SSSR count). The maximum absolute atomic E-state index is 5.82. The summed E-state index contributed by atoms with van der Waals surface area (Å²) in [7, 11) is 3.84. The van der Waals surface area contributed by atoms with E-state index in [1.807, 2.05) is 43.3 Å². The summed E-state index contributed by atoms with van der Waals surface area (Å²) in [5, 5.41) is 0.719. The van der Waals surface area contributed by atoms with Crippen LogP contribution in [0.3, 0.4) is 0 Å². The third-order valence-electron chi connectivity index (χ3n) is 1.48. The van der Waals surface area contributed by atoms with Crippen molar-refractivity contribution in [2.45, 2.75) is 0 Å². The van der Waals surface area contributed by atoms with Crippen molar-refractivity contribution in [3.63, 3.8) is 0 Å². The van der Waals surface area contributed by atoms with E-state index in [0.29, 0.717) is 0 Å². The molecule has 0 aromatic heterocycles. The molecular weight excluding hydrogens is 190 g/mol. The number of hydrogen-bond acceptors (Lipinski definition) is 1. The van der Waals surface area contributed by atoms with Crippen LogP contribution >= 0.6 is 23.8 Å². The summed E-state index contributed by atoms with van der Waals surface area (Å²) >= 11 is 11.0. The Labute approximate surface area is 82.9 Å². The Bertz CT molecular complexity index is 296. The molecule has 0 saturated carbocycles. The molecule has 1 aromatic rings. The topological polar surface area (TPSA) is 3.24 Å². The molecule has 0 bridgehead atoms. The molecule has 3 heteroatoms. The quantitative estimate of drug-likeness (QED) is 0.640. The number of halogens is 1. The minimum absolute atomic E-state index is 0.719. The van der Waals surface area contributed by atoms with Gasteiger partial charge in [0.2, 0.25) is 0 Å². The molecule has 0 unspecified atom stereocenters. The van der Waals surface area contributed by atoms with Crippen molar-refractivity contribution in [2.75, 3.05) is 14.1 Å². The normalized spacial score (nSPS) is 9.58. The lowest BCUT2D eigenvalue weighted by atomic mass is 10.2. The van der Waals surface area contributed by atoms with Gasteiger partial charge in [-0.15, -0.1) is 0 Å². The van der Waals surface area contributed by atoms with Gasteiger partial charge in [0.1, 0.15) is 4.99 Å². The Balaban J connectivity index is 2.96. The van der Waals surface area contributed by atoms with Crippen LogP contribution in [0.2, 0.25) is 5.02 Å². The first kappa shape index (κ1) is 9.49. The van der Waals surface area contributed by atoms with Gasteiger partial charge in [0, 0.05) is 24.7 Å². The van der Waals surface area contributed by atoms with Gasteiger partial charge in [0.05, 0.1) is 0 Å². The van der Waals surface area contributed by atoms with Crippen molar-refractivity contribution in [1.82, 2.24) is 4.90 Å². The van der Waals surface area contributed by atoms with Crippen LogP contribution in [0, 0.1) is 0 Å². The Morgan fingerprint density at radius 2 is 2.08 bits per heavy atom. The largest absolute Gasteiger partial charge is 0.368 e. The predicted molar refractivity (Wildman–Crippen MR) is 56.8 cm³/mol. The third kappa shape index (κ3) is 2.19. The van der Waals surface area contributed by atoms with Gasteiger partial charge in [-0.25, -0.2) is 0 Å². The summed E-state index contributed by atoms with van der Waals surface area (Å²) in [4.78, 5) is 2.69. The second-order valence-corrected chi connectivity index (χ2v) is 3.53. The highest BCUT2D eigenvalue weighted by atomic mass is 35.5. The van der Waals surface area contributed by atoms with Gasteiger partial charge in [-0.05, 0) is 12.1 Å². The van der Waals surface area contributed by atoms with Gasteiger partial charge >= 0.3 is 0 Å². The molecule has 0 heterocycles. The molecule has 12 heavy (non-hydrogen) atoms. The van der Waals surface area contributed by atoms with Crippen molar-refractivity contribution < 1.29 is 0 Å². The summed E-state index contributed by atoms with van der Waals surface area (Å²) in [6.07, 6.45) is 0. The van der Waals surface area contributed by atoms with Gasteiger partial charge in [0.15, 0.2) is 0 Å². The van der Waals surface area contributed by atoms with E-state index >= 15 is 0 Å². The Morgan fingerprint density at radius 1 is 1.42 bits per heavy atom. The number of benzene rings is 1. The van der Waals surface area contributed by atoms with E-state index in [9.17, 15) is 0 Å². The minimum Gasteiger partial charge on any atom is -0.368 e. The molecule has 0 N–H and O–H groups in total. The fraction of sp³-hybridized carbons (Fsp3) is 0.222. The molecule has 64 valence electrons. The highest BCUT2D eigenvalue weighted by Crippen LogP contribution is 2.12. The lowest BCUT2D eigenvalue weighted by Crippen LogP contribution is -2.20. The van der Waals surface area contributed by atoms with E-state index in [1.165, 1.54) is 0 Å². The molecule has 0 aliphatic carbocycles. The van der Waals surface area contributed by atoms with Gasteiger partial charge in [0.25, 0.3) is 0 Å². The zero-order valence-electron chi connectivity index (χ0n) is 7.04. The molecule has 0 atom stereocenters. The molecule has 0 radical (unpaired) electrons. The summed E-state index contributed by atoms with van der Waals surface area (Å²) in [6, 6.07) is 7.55. The Kier molecular flexibility index (Phi) is 3.06. The molecule has 0 amide bonds. The lowest BCUT2D eigenvalue weighted by molar-refractivity contribution is 0.636. The van der Waals surface area contributed by atoms with Crippen LogP contribution in [0.15, 0.2) is 24.3 Å². The maximum atomic E-state index is 5.82. The third-order valence-corrected chi connectivity index (χ3v) is 2.31. The van der Waals surface area contributed by atoms with Crippen LogP contribution in [0.5, 0.6) is 0 Å². The fourth-order valence-electron chi connectivity index (χ4n) is 0.880. The van der Waals surface area contributed by atoms with E-state index < -0.39 is 0 Å². The average Bonchev–Trinajstić information content (AvgIpc) is 2.03. The van der Waals surface area contributed by atoms with Gasteiger partial charge in [-0.3, -0.25) is 0 Å². The molecule has 1 aromatic carbocycles. The summed E-state index contributed by atoms with van der Waals surface area (Å²) in [5.74, 6) is 0. The summed E-state index contributed by atoms with van der Waals surface area (Å²) < 4.78 is 0. The van der Waals surface area contributed by atoms with Crippen LogP contribution in [0.1, 0.15) is 5.56 Å². The first-order valence-electron chi connectivity index (χ1n) is 3.58. The summed E-state index contributed by atoms with van der Waals surface area (Å²) in [6.45, 7) is 0. The van der Waals surface area contributed by atoms with Crippen LogP contribution in [0.4, 0.5) is 0 Å². The molecule has 0 fully saturated rings. The number of nitrogens with zero attached hydrogens (tertiary/aromatic N) is 1. The summed E-state index contributed by atoms with van der Waals surface area (Å²) in [5.41, 5.74) is 0.988. The van der Waals surface area contributed by atoms with Crippen molar-refractivity contribution in [1.29, 1.82) is 0 Å². The Morgan fingerprint density at radius 3 is 2.58 bits per heavy atom. The average molecular weight is 200 g/mol. The van der Waals surface area contributed by atoms with Crippen molar-refractivity contribution >= 4 is 28.8 Å². The van der Waals surface area contributed by atoms with E-state index in [-0.39, 0.29) is 0 Å². The van der Waals surface area contributed by atoms with E-state index in [1.54, 1.807) is 0 Å². The van der Waals surface area contributed by atoms with Crippen molar-refractivity contribution in [3.05, 3.63) is 34.9 Å². The SMILES string of the molecule is CN(C)C(=S)c1cccc(Cl)c1. The van der Waals surface area contributed by atoms with Crippen LogP contribution in [-0.2, 0) is 0 Å². The number of hydrogen-bond donors (Lipinski definition) is 0.